The lowest BCUT2D eigenvalue weighted by Gasteiger charge is -2.15. The van der Waals surface area contributed by atoms with E-state index >= 15 is 0 Å². The predicted octanol–water partition coefficient (Wildman–Crippen LogP) is 4.47. The molecule has 0 heterocycles. The van der Waals surface area contributed by atoms with E-state index in [-0.39, 0.29) is 0 Å². The van der Waals surface area contributed by atoms with Crippen LogP contribution in [0.2, 0.25) is 0 Å². The van der Waals surface area contributed by atoms with Gasteiger partial charge in [0, 0.05) is 6.04 Å². The summed E-state index contributed by atoms with van der Waals surface area (Å²) in [4.78, 5) is 11.8. The van der Waals surface area contributed by atoms with Gasteiger partial charge in [-0.05, 0) is 13.3 Å². The molecule has 0 bridgehead atoms. The van der Waals surface area contributed by atoms with Crippen LogP contribution in [0, 0.1) is 29.1 Å². The van der Waals surface area contributed by atoms with Gasteiger partial charge in [-0.3, -0.25) is 4.79 Å². The molecule has 0 aromatic heterocycles. The highest BCUT2D eigenvalue weighted by atomic mass is 19.2. The molecule has 0 fully saturated rings. The van der Waals surface area contributed by atoms with Gasteiger partial charge in [0.25, 0.3) is 5.91 Å². The van der Waals surface area contributed by atoms with Crippen molar-refractivity contribution in [2.24, 2.45) is 0 Å². The van der Waals surface area contributed by atoms with E-state index in [1.165, 1.54) is 0 Å². The van der Waals surface area contributed by atoms with Gasteiger partial charge < -0.3 is 5.32 Å². The minimum Gasteiger partial charge on any atom is -0.349 e. The van der Waals surface area contributed by atoms with E-state index in [2.05, 4.69) is 5.32 Å². The molecule has 2 nitrogen and oxygen atoms in total. The lowest BCUT2D eigenvalue weighted by atomic mass is 10.1. The van der Waals surface area contributed by atoms with Gasteiger partial charge in [0.15, 0.2) is 23.3 Å². The summed E-state index contributed by atoms with van der Waals surface area (Å²) < 4.78 is 65.9. The first-order chi connectivity index (χ1) is 10.3. The number of amides is 1. The van der Waals surface area contributed by atoms with E-state index in [0.717, 1.165) is 25.7 Å². The van der Waals surface area contributed by atoms with Crippen molar-refractivity contribution in [2.45, 2.75) is 52.0 Å². The fraction of sp³-hybridized carbons (Fsp3) is 0.533. The van der Waals surface area contributed by atoms with Crippen LogP contribution in [0.25, 0.3) is 0 Å². The Labute approximate surface area is 125 Å². The summed E-state index contributed by atoms with van der Waals surface area (Å²) in [6.07, 6.45) is 4.36. The molecule has 0 saturated carbocycles. The van der Waals surface area contributed by atoms with Crippen molar-refractivity contribution < 1.29 is 26.7 Å². The first-order valence-corrected chi connectivity index (χ1v) is 7.13. The van der Waals surface area contributed by atoms with Crippen molar-refractivity contribution in [1.29, 1.82) is 0 Å². The molecule has 1 aromatic rings. The van der Waals surface area contributed by atoms with Crippen molar-refractivity contribution in [2.75, 3.05) is 0 Å². The average Bonchev–Trinajstić information content (AvgIpc) is 2.47. The van der Waals surface area contributed by atoms with E-state index in [1.807, 2.05) is 6.92 Å². The van der Waals surface area contributed by atoms with Gasteiger partial charge >= 0.3 is 0 Å². The van der Waals surface area contributed by atoms with Gasteiger partial charge in [0.2, 0.25) is 5.82 Å². The third-order valence-corrected chi connectivity index (χ3v) is 3.31. The molecule has 0 saturated heterocycles. The van der Waals surface area contributed by atoms with Crippen LogP contribution >= 0.6 is 0 Å². The van der Waals surface area contributed by atoms with Gasteiger partial charge in [0.05, 0.1) is 0 Å². The SMILES string of the molecule is CCCCCCC(C)NC(=O)c1c(F)c(F)c(F)c(F)c1F. The number of nitrogens with one attached hydrogen (secondary N) is 1. The largest absolute Gasteiger partial charge is 0.349 e. The minimum absolute atomic E-state index is 0.431. The molecule has 1 amide bonds. The van der Waals surface area contributed by atoms with E-state index in [0.29, 0.717) is 6.42 Å². The van der Waals surface area contributed by atoms with Crippen LogP contribution in [0.1, 0.15) is 56.3 Å². The highest BCUT2D eigenvalue weighted by Crippen LogP contribution is 2.23. The molecular formula is C15H18F5NO. The Hall–Kier alpha value is -1.66. The van der Waals surface area contributed by atoms with Crippen LogP contribution < -0.4 is 5.32 Å². The molecule has 0 aliphatic carbocycles. The topological polar surface area (TPSA) is 29.1 Å². The molecule has 1 atom stereocenters. The molecule has 1 N–H and O–H groups in total. The predicted molar refractivity (Wildman–Crippen MR) is 71.9 cm³/mol. The van der Waals surface area contributed by atoms with Gasteiger partial charge in [-0.25, -0.2) is 22.0 Å². The van der Waals surface area contributed by atoms with Crippen LogP contribution in [-0.4, -0.2) is 11.9 Å². The lowest BCUT2D eigenvalue weighted by molar-refractivity contribution is 0.0926. The Morgan fingerprint density at radius 2 is 1.41 bits per heavy atom. The summed E-state index contributed by atoms with van der Waals surface area (Å²) in [5.74, 6) is -12.1. The highest BCUT2D eigenvalue weighted by molar-refractivity contribution is 5.95. The minimum atomic E-state index is -2.28. The molecule has 0 aliphatic heterocycles. The number of rotatable bonds is 7. The van der Waals surface area contributed by atoms with Crippen LogP contribution in [0.15, 0.2) is 0 Å². The quantitative estimate of drug-likeness (QED) is 0.341. The van der Waals surface area contributed by atoms with Gasteiger partial charge in [-0.1, -0.05) is 32.6 Å². The summed E-state index contributed by atoms with van der Waals surface area (Å²) in [5, 5.41) is 2.25. The average molecular weight is 323 g/mol. The van der Waals surface area contributed by atoms with Crippen molar-refractivity contribution >= 4 is 5.91 Å². The fourth-order valence-electron chi connectivity index (χ4n) is 2.05. The van der Waals surface area contributed by atoms with Gasteiger partial charge in [-0.2, -0.15) is 0 Å². The number of carbonyl (C=O) groups is 1. The maximum atomic E-state index is 13.5. The number of hydrogen-bond acceptors (Lipinski definition) is 1. The summed E-state index contributed by atoms with van der Waals surface area (Å²) in [7, 11) is 0. The molecule has 1 aromatic carbocycles. The van der Waals surface area contributed by atoms with Gasteiger partial charge in [0.1, 0.15) is 5.56 Å². The van der Waals surface area contributed by atoms with E-state index in [4.69, 9.17) is 0 Å². The van der Waals surface area contributed by atoms with E-state index in [1.54, 1.807) is 6.92 Å². The standard InChI is InChI=1S/C15H18F5NO/c1-3-4-5-6-7-8(2)21-15(22)9-10(16)12(18)14(20)13(19)11(9)17/h8H,3-7H2,1-2H3,(H,21,22). The first kappa shape index (κ1) is 18.4. The molecule has 22 heavy (non-hydrogen) atoms. The summed E-state index contributed by atoms with van der Waals surface area (Å²) in [6.45, 7) is 3.64. The Kier molecular flexibility index (Phi) is 6.77. The van der Waals surface area contributed by atoms with Crippen molar-refractivity contribution in [3.05, 3.63) is 34.6 Å². The maximum Gasteiger partial charge on any atom is 0.257 e. The molecule has 1 unspecified atom stereocenters. The molecule has 0 radical (unpaired) electrons. The Morgan fingerprint density at radius 1 is 0.909 bits per heavy atom. The highest BCUT2D eigenvalue weighted by Gasteiger charge is 2.30. The summed E-state index contributed by atoms with van der Waals surface area (Å²) in [6, 6.07) is -0.431. The normalized spacial score (nSPS) is 12.3. The monoisotopic (exact) mass is 323 g/mol. The third-order valence-electron chi connectivity index (χ3n) is 3.31. The molecular weight excluding hydrogens is 305 g/mol. The number of benzene rings is 1. The zero-order chi connectivity index (χ0) is 16.9. The summed E-state index contributed by atoms with van der Waals surface area (Å²) in [5.41, 5.74) is -1.45. The molecule has 0 spiro atoms. The molecule has 7 heteroatoms. The Morgan fingerprint density at radius 3 is 1.91 bits per heavy atom. The Bertz CT molecular complexity index is 518. The Balaban J connectivity index is 2.82. The van der Waals surface area contributed by atoms with Crippen LogP contribution in [0.4, 0.5) is 22.0 Å². The number of carbonyl (C=O) groups excluding carboxylic acids is 1. The van der Waals surface area contributed by atoms with E-state index in [9.17, 15) is 26.7 Å². The van der Waals surface area contributed by atoms with Crippen molar-refractivity contribution in [3.63, 3.8) is 0 Å². The molecule has 1 rings (SSSR count). The van der Waals surface area contributed by atoms with Crippen LogP contribution in [0.3, 0.4) is 0 Å². The van der Waals surface area contributed by atoms with Crippen molar-refractivity contribution in [1.82, 2.24) is 5.32 Å². The summed E-state index contributed by atoms with van der Waals surface area (Å²) >= 11 is 0. The van der Waals surface area contributed by atoms with Crippen molar-refractivity contribution in [3.8, 4) is 0 Å². The second-order valence-corrected chi connectivity index (χ2v) is 5.17. The second kappa shape index (κ2) is 8.10. The number of hydrogen-bond donors (Lipinski definition) is 1. The molecule has 0 aliphatic rings. The number of unbranched alkanes of at least 4 members (excludes halogenated alkanes) is 3. The first-order valence-electron chi connectivity index (χ1n) is 7.13. The molecule has 124 valence electrons. The smallest absolute Gasteiger partial charge is 0.257 e. The maximum absolute atomic E-state index is 13.5. The van der Waals surface area contributed by atoms with Crippen LogP contribution in [-0.2, 0) is 0 Å². The second-order valence-electron chi connectivity index (χ2n) is 5.17. The third kappa shape index (κ3) is 4.18. The number of halogens is 5. The fourth-order valence-corrected chi connectivity index (χ4v) is 2.05. The zero-order valence-corrected chi connectivity index (χ0v) is 12.4. The zero-order valence-electron chi connectivity index (χ0n) is 12.4. The van der Waals surface area contributed by atoms with Crippen LogP contribution in [0.5, 0.6) is 0 Å². The lowest BCUT2D eigenvalue weighted by Crippen LogP contribution is -2.34. The van der Waals surface area contributed by atoms with Gasteiger partial charge in [-0.15, -0.1) is 0 Å². The van der Waals surface area contributed by atoms with E-state index < -0.39 is 46.6 Å².